The summed E-state index contributed by atoms with van der Waals surface area (Å²) < 4.78 is 13.0. The van der Waals surface area contributed by atoms with Gasteiger partial charge in [0.25, 0.3) is 5.91 Å². The van der Waals surface area contributed by atoms with E-state index in [1.165, 1.54) is 12.1 Å². The van der Waals surface area contributed by atoms with Crippen LogP contribution in [0.1, 0.15) is 0 Å². The van der Waals surface area contributed by atoms with E-state index in [9.17, 15) is 14.4 Å². The SMILES string of the molecule is CN1CCN(C(=O)/C(C#N)=C\N2CCN(c3ccc(F)cc3)CC2)CC1. The number of hydrogen-bond acceptors (Lipinski definition) is 5. The van der Waals surface area contributed by atoms with Crippen molar-refractivity contribution in [2.24, 2.45) is 0 Å². The summed E-state index contributed by atoms with van der Waals surface area (Å²) in [5, 5.41) is 9.42. The Morgan fingerprint density at radius 1 is 1.04 bits per heavy atom. The van der Waals surface area contributed by atoms with Gasteiger partial charge in [-0.25, -0.2) is 4.39 Å². The number of halogens is 1. The number of hydrogen-bond donors (Lipinski definition) is 0. The number of nitriles is 1. The molecule has 2 heterocycles. The van der Waals surface area contributed by atoms with Gasteiger partial charge in [0.05, 0.1) is 0 Å². The van der Waals surface area contributed by atoms with Crippen LogP contribution in [-0.2, 0) is 4.79 Å². The number of carbonyl (C=O) groups is 1. The van der Waals surface area contributed by atoms with Gasteiger partial charge in [-0.1, -0.05) is 0 Å². The lowest BCUT2D eigenvalue weighted by molar-refractivity contribution is -0.128. The van der Waals surface area contributed by atoms with Crippen molar-refractivity contribution in [2.75, 3.05) is 64.3 Å². The zero-order valence-corrected chi connectivity index (χ0v) is 15.1. The zero-order valence-electron chi connectivity index (χ0n) is 15.1. The second-order valence-corrected chi connectivity index (χ2v) is 6.75. The molecule has 0 N–H and O–H groups in total. The molecule has 2 saturated heterocycles. The molecule has 138 valence electrons. The molecule has 2 aliphatic heterocycles. The number of piperazine rings is 2. The fourth-order valence-corrected chi connectivity index (χ4v) is 3.26. The smallest absolute Gasteiger partial charge is 0.266 e. The summed E-state index contributed by atoms with van der Waals surface area (Å²) in [7, 11) is 2.03. The van der Waals surface area contributed by atoms with Crippen molar-refractivity contribution in [1.82, 2.24) is 14.7 Å². The molecular weight excluding hydrogens is 333 g/mol. The molecule has 0 atom stereocenters. The van der Waals surface area contributed by atoms with Crippen molar-refractivity contribution < 1.29 is 9.18 Å². The molecule has 1 aromatic rings. The Kier molecular flexibility index (Phi) is 5.74. The lowest BCUT2D eigenvalue weighted by atomic mass is 10.2. The summed E-state index contributed by atoms with van der Waals surface area (Å²) in [5.74, 6) is -0.419. The molecule has 0 saturated carbocycles. The van der Waals surface area contributed by atoms with Crippen LogP contribution in [0.15, 0.2) is 36.0 Å². The first-order valence-electron chi connectivity index (χ1n) is 8.91. The van der Waals surface area contributed by atoms with Crippen LogP contribution in [0, 0.1) is 17.1 Å². The highest BCUT2D eigenvalue weighted by Crippen LogP contribution is 2.17. The van der Waals surface area contributed by atoms with Gasteiger partial charge in [-0.2, -0.15) is 5.26 Å². The van der Waals surface area contributed by atoms with Gasteiger partial charge < -0.3 is 19.6 Å². The minimum absolute atomic E-state index is 0.179. The van der Waals surface area contributed by atoms with Gasteiger partial charge in [0.1, 0.15) is 17.5 Å². The summed E-state index contributed by atoms with van der Waals surface area (Å²) in [4.78, 5) is 20.7. The van der Waals surface area contributed by atoms with Crippen LogP contribution in [0.25, 0.3) is 0 Å². The van der Waals surface area contributed by atoms with Crippen LogP contribution in [0.3, 0.4) is 0 Å². The predicted octanol–water partition coefficient (Wildman–Crippen LogP) is 1.13. The van der Waals surface area contributed by atoms with Crippen LogP contribution in [0.4, 0.5) is 10.1 Å². The van der Waals surface area contributed by atoms with Crippen LogP contribution in [-0.4, -0.2) is 80.0 Å². The average molecular weight is 357 g/mol. The Balaban J connectivity index is 1.58. The number of carbonyl (C=O) groups excluding carboxylic acids is 1. The molecule has 0 spiro atoms. The summed E-state index contributed by atoms with van der Waals surface area (Å²) in [6.45, 7) is 5.96. The molecule has 6 nitrogen and oxygen atoms in total. The molecule has 0 unspecified atom stereocenters. The number of anilines is 1. The Morgan fingerprint density at radius 3 is 2.23 bits per heavy atom. The maximum absolute atomic E-state index is 13.0. The van der Waals surface area contributed by atoms with E-state index in [-0.39, 0.29) is 17.3 Å². The van der Waals surface area contributed by atoms with E-state index in [1.54, 1.807) is 23.2 Å². The summed E-state index contributed by atoms with van der Waals surface area (Å²) in [5.41, 5.74) is 1.19. The fraction of sp³-hybridized carbons (Fsp3) is 0.474. The topological polar surface area (TPSA) is 53.8 Å². The van der Waals surface area contributed by atoms with Crippen LogP contribution in [0.5, 0.6) is 0 Å². The van der Waals surface area contributed by atoms with Crippen molar-refractivity contribution in [3.63, 3.8) is 0 Å². The minimum atomic E-state index is -0.239. The van der Waals surface area contributed by atoms with E-state index < -0.39 is 0 Å². The highest BCUT2D eigenvalue weighted by molar-refractivity contribution is 5.97. The Hall–Kier alpha value is -2.59. The summed E-state index contributed by atoms with van der Waals surface area (Å²) in [6.07, 6.45) is 1.70. The van der Waals surface area contributed by atoms with E-state index in [0.29, 0.717) is 13.1 Å². The quantitative estimate of drug-likeness (QED) is 0.600. The third kappa shape index (κ3) is 4.33. The molecule has 2 aliphatic rings. The van der Waals surface area contributed by atoms with Gasteiger partial charge in [0.2, 0.25) is 0 Å². The number of nitrogens with zero attached hydrogens (tertiary/aromatic N) is 5. The maximum Gasteiger partial charge on any atom is 0.266 e. The summed E-state index contributed by atoms with van der Waals surface area (Å²) >= 11 is 0. The highest BCUT2D eigenvalue weighted by atomic mass is 19.1. The molecule has 0 radical (unpaired) electrons. The third-order valence-corrected chi connectivity index (χ3v) is 4.96. The second-order valence-electron chi connectivity index (χ2n) is 6.75. The van der Waals surface area contributed by atoms with Crippen LogP contribution < -0.4 is 4.90 Å². The highest BCUT2D eigenvalue weighted by Gasteiger charge is 2.23. The molecule has 0 aliphatic carbocycles. The Labute approximate surface area is 153 Å². The predicted molar refractivity (Wildman–Crippen MR) is 98.0 cm³/mol. The molecular formula is C19H24FN5O. The van der Waals surface area contributed by atoms with Gasteiger partial charge in [0.15, 0.2) is 0 Å². The van der Waals surface area contributed by atoms with Crippen LogP contribution >= 0.6 is 0 Å². The van der Waals surface area contributed by atoms with E-state index in [1.807, 2.05) is 11.9 Å². The van der Waals surface area contributed by atoms with Crippen molar-refractivity contribution in [2.45, 2.75) is 0 Å². The first-order chi connectivity index (χ1) is 12.6. The Bertz CT molecular complexity index is 696. The van der Waals surface area contributed by atoms with E-state index in [4.69, 9.17) is 0 Å². The zero-order chi connectivity index (χ0) is 18.5. The largest absolute Gasteiger partial charge is 0.373 e. The molecule has 1 aromatic carbocycles. The number of amides is 1. The molecule has 3 rings (SSSR count). The lowest BCUT2D eigenvalue weighted by Gasteiger charge is -2.36. The second kappa shape index (κ2) is 8.19. The van der Waals surface area contributed by atoms with Gasteiger partial charge >= 0.3 is 0 Å². The van der Waals surface area contributed by atoms with Crippen molar-refractivity contribution >= 4 is 11.6 Å². The number of benzene rings is 1. The maximum atomic E-state index is 13.0. The molecule has 7 heteroatoms. The van der Waals surface area contributed by atoms with Gasteiger partial charge in [-0.05, 0) is 31.3 Å². The molecule has 1 amide bonds. The molecule has 26 heavy (non-hydrogen) atoms. The molecule has 0 bridgehead atoms. The first-order valence-corrected chi connectivity index (χ1v) is 8.91. The van der Waals surface area contributed by atoms with E-state index in [0.717, 1.165) is 45.0 Å². The van der Waals surface area contributed by atoms with E-state index >= 15 is 0 Å². The standard InChI is InChI=1S/C19H24FN5O/c1-22-6-10-25(11-7-22)19(26)16(14-21)15-23-8-12-24(13-9-23)18-4-2-17(20)3-5-18/h2-5,15H,6-13H2,1H3/b16-15-. The monoisotopic (exact) mass is 357 g/mol. The van der Waals surface area contributed by atoms with Crippen LogP contribution in [0.2, 0.25) is 0 Å². The third-order valence-electron chi connectivity index (χ3n) is 4.96. The fourth-order valence-electron chi connectivity index (χ4n) is 3.26. The van der Waals surface area contributed by atoms with E-state index in [2.05, 4.69) is 15.9 Å². The first kappa shape index (κ1) is 18.2. The van der Waals surface area contributed by atoms with Crippen molar-refractivity contribution in [3.05, 3.63) is 41.9 Å². The van der Waals surface area contributed by atoms with Crippen molar-refractivity contribution in [1.29, 1.82) is 5.26 Å². The molecule has 2 fully saturated rings. The number of likely N-dealkylation sites (N-methyl/N-ethyl adjacent to an activating group) is 1. The molecule has 0 aromatic heterocycles. The van der Waals surface area contributed by atoms with Gasteiger partial charge in [0, 0.05) is 64.2 Å². The average Bonchev–Trinajstić information content (AvgIpc) is 2.67. The lowest BCUT2D eigenvalue weighted by Crippen LogP contribution is -2.48. The normalized spacial score (nSPS) is 19.4. The Morgan fingerprint density at radius 2 is 1.65 bits per heavy atom. The van der Waals surface area contributed by atoms with Gasteiger partial charge in [-0.3, -0.25) is 4.79 Å². The number of rotatable bonds is 3. The van der Waals surface area contributed by atoms with Crippen molar-refractivity contribution in [3.8, 4) is 6.07 Å². The summed E-state index contributed by atoms with van der Waals surface area (Å²) in [6, 6.07) is 8.54. The minimum Gasteiger partial charge on any atom is -0.373 e. The van der Waals surface area contributed by atoms with Gasteiger partial charge in [-0.15, -0.1) is 0 Å².